The van der Waals surface area contributed by atoms with Crippen LogP contribution in [-0.4, -0.2) is 11.0 Å². The van der Waals surface area contributed by atoms with Crippen LogP contribution < -0.4 is 10.6 Å². The number of benzene rings is 2. The third-order valence-electron chi connectivity index (χ3n) is 6.04. The van der Waals surface area contributed by atoms with E-state index in [0.29, 0.717) is 17.9 Å². The number of rotatable bonds is 3. The van der Waals surface area contributed by atoms with Crippen LogP contribution in [-0.2, 0) is 19.3 Å². The van der Waals surface area contributed by atoms with Crippen LogP contribution in [0, 0.1) is 5.92 Å². The van der Waals surface area contributed by atoms with E-state index in [0.717, 1.165) is 46.0 Å². The molecule has 2 aromatic carbocycles. The maximum absolute atomic E-state index is 13.0. The molecular weight excluding hydrogens is 416 g/mol. The van der Waals surface area contributed by atoms with Gasteiger partial charge in [0, 0.05) is 15.5 Å². The number of phenols is 1. The molecule has 0 fully saturated rings. The molecule has 0 radical (unpaired) electrons. The Hall–Kier alpha value is -2.50. The molecule has 2 atom stereocenters. The number of nitrogens with one attached hydrogen (secondary N) is 2. The zero-order valence-corrected chi connectivity index (χ0v) is 18.2. The first kappa shape index (κ1) is 19.5. The predicted molar refractivity (Wildman–Crippen MR) is 122 cm³/mol. The Morgan fingerprint density at radius 3 is 2.87 bits per heavy atom. The highest BCUT2D eigenvalue weighted by Crippen LogP contribution is 2.43. The molecule has 6 heteroatoms. The highest BCUT2D eigenvalue weighted by Gasteiger charge is 2.33. The number of anilines is 1. The summed E-state index contributed by atoms with van der Waals surface area (Å²) in [4.78, 5) is 14.3. The molecule has 0 bridgehead atoms. The SMILES string of the molecule is C[C@H]1CCc2c(sc3c2C(=O)N[C@@H](c2cc(Cc4ccccc4Cl)ccc2O)N3)C1. The molecule has 1 aliphatic carbocycles. The summed E-state index contributed by atoms with van der Waals surface area (Å²) in [5.74, 6) is 0.757. The van der Waals surface area contributed by atoms with E-state index in [1.54, 1.807) is 17.4 Å². The number of hydrogen-bond acceptors (Lipinski definition) is 4. The van der Waals surface area contributed by atoms with Crippen LogP contribution in [0.3, 0.4) is 0 Å². The van der Waals surface area contributed by atoms with Crippen molar-refractivity contribution in [1.82, 2.24) is 5.32 Å². The molecule has 1 aliphatic heterocycles. The van der Waals surface area contributed by atoms with Crippen molar-refractivity contribution in [2.45, 2.75) is 38.8 Å². The lowest BCUT2D eigenvalue weighted by atomic mass is 9.88. The van der Waals surface area contributed by atoms with Crippen molar-refractivity contribution in [2.24, 2.45) is 5.92 Å². The van der Waals surface area contributed by atoms with Gasteiger partial charge in [-0.2, -0.15) is 0 Å². The van der Waals surface area contributed by atoms with Crippen molar-refractivity contribution in [3.63, 3.8) is 0 Å². The van der Waals surface area contributed by atoms with E-state index >= 15 is 0 Å². The third-order valence-corrected chi connectivity index (χ3v) is 7.60. The molecule has 3 N–H and O–H groups in total. The summed E-state index contributed by atoms with van der Waals surface area (Å²) in [6.45, 7) is 2.26. The van der Waals surface area contributed by atoms with Gasteiger partial charge in [-0.3, -0.25) is 4.79 Å². The van der Waals surface area contributed by atoms with Crippen molar-refractivity contribution in [3.8, 4) is 5.75 Å². The molecule has 5 rings (SSSR count). The number of carbonyl (C=O) groups is 1. The zero-order valence-electron chi connectivity index (χ0n) is 16.7. The van der Waals surface area contributed by atoms with Gasteiger partial charge in [0.15, 0.2) is 0 Å². The molecule has 3 aromatic rings. The standard InChI is InChI=1S/C24H23ClN2O2S/c1-13-6-8-16-20(10-13)30-24-21(16)23(29)26-22(27-24)17-12-14(7-9-19(17)28)11-15-4-2-3-5-18(15)25/h2-5,7,9,12-13,22,27-28H,6,8,10-11H2,1H3,(H,26,29)/t13-,22+/m0/s1. The maximum atomic E-state index is 13.0. The quantitative estimate of drug-likeness (QED) is 0.493. The predicted octanol–water partition coefficient (Wildman–Crippen LogP) is 5.68. The normalized spacial score (nSPS) is 20.1. The fourth-order valence-electron chi connectivity index (χ4n) is 4.43. The van der Waals surface area contributed by atoms with Gasteiger partial charge < -0.3 is 15.7 Å². The first-order valence-electron chi connectivity index (χ1n) is 10.3. The molecule has 2 aliphatic rings. The number of halogens is 1. The average Bonchev–Trinajstić information content (AvgIpc) is 3.08. The molecule has 1 aromatic heterocycles. The van der Waals surface area contributed by atoms with Crippen LogP contribution >= 0.6 is 22.9 Å². The largest absolute Gasteiger partial charge is 0.508 e. The van der Waals surface area contributed by atoms with E-state index in [1.807, 2.05) is 36.4 Å². The molecule has 1 amide bonds. The Morgan fingerprint density at radius 2 is 2.03 bits per heavy atom. The Bertz CT molecular complexity index is 1140. The molecule has 0 saturated carbocycles. The van der Waals surface area contributed by atoms with Crippen molar-refractivity contribution >= 4 is 33.8 Å². The Kier molecular flexibility index (Phi) is 4.95. The number of phenolic OH excluding ortho intramolecular Hbond substituents is 1. The molecule has 0 spiro atoms. The topological polar surface area (TPSA) is 61.4 Å². The molecule has 0 unspecified atom stereocenters. The number of fused-ring (bicyclic) bond motifs is 3. The van der Waals surface area contributed by atoms with Gasteiger partial charge in [-0.15, -0.1) is 11.3 Å². The van der Waals surface area contributed by atoms with Gasteiger partial charge in [-0.1, -0.05) is 42.8 Å². The second-order valence-electron chi connectivity index (χ2n) is 8.27. The Balaban J connectivity index is 1.45. The summed E-state index contributed by atoms with van der Waals surface area (Å²) < 4.78 is 0. The minimum atomic E-state index is -0.464. The molecular formula is C24H23ClN2O2S. The maximum Gasteiger partial charge on any atom is 0.256 e. The second-order valence-corrected chi connectivity index (χ2v) is 9.78. The minimum absolute atomic E-state index is 0.0586. The lowest BCUT2D eigenvalue weighted by Gasteiger charge is -2.28. The summed E-state index contributed by atoms with van der Waals surface area (Å²) >= 11 is 8.00. The van der Waals surface area contributed by atoms with E-state index in [-0.39, 0.29) is 11.7 Å². The molecule has 2 heterocycles. The summed E-state index contributed by atoms with van der Waals surface area (Å²) in [5.41, 5.74) is 4.72. The van der Waals surface area contributed by atoms with Crippen molar-refractivity contribution < 1.29 is 9.90 Å². The highest BCUT2D eigenvalue weighted by molar-refractivity contribution is 7.16. The van der Waals surface area contributed by atoms with E-state index in [9.17, 15) is 9.90 Å². The average molecular weight is 439 g/mol. The lowest BCUT2D eigenvalue weighted by molar-refractivity contribution is 0.0935. The summed E-state index contributed by atoms with van der Waals surface area (Å²) in [7, 11) is 0. The lowest BCUT2D eigenvalue weighted by Crippen LogP contribution is -2.38. The van der Waals surface area contributed by atoms with Gasteiger partial charge in [0.25, 0.3) is 5.91 Å². The van der Waals surface area contributed by atoms with Gasteiger partial charge in [0.05, 0.1) is 5.56 Å². The van der Waals surface area contributed by atoms with Crippen LogP contribution in [0.5, 0.6) is 5.75 Å². The fraction of sp³-hybridized carbons (Fsp3) is 0.292. The Morgan fingerprint density at radius 1 is 1.20 bits per heavy atom. The number of amides is 1. The van der Waals surface area contributed by atoms with E-state index in [4.69, 9.17) is 11.6 Å². The van der Waals surface area contributed by atoms with Gasteiger partial charge >= 0.3 is 0 Å². The van der Waals surface area contributed by atoms with Crippen LogP contribution in [0.1, 0.15) is 57.0 Å². The molecule has 30 heavy (non-hydrogen) atoms. The number of carbonyl (C=O) groups excluding carboxylic acids is 1. The van der Waals surface area contributed by atoms with Crippen molar-refractivity contribution in [3.05, 3.63) is 80.2 Å². The smallest absolute Gasteiger partial charge is 0.256 e. The monoisotopic (exact) mass is 438 g/mol. The van der Waals surface area contributed by atoms with Crippen molar-refractivity contribution in [1.29, 1.82) is 0 Å². The third kappa shape index (κ3) is 3.46. The number of hydrogen-bond donors (Lipinski definition) is 3. The van der Waals surface area contributed by atoms with E-state index in [2.05, 4.69) is 17.6 Å². The highest BCUT2D eigenvalue weighted by atomic mass is 35.5. The fourth-order valence-corrected chi connectivity index (χ4v) is 6.06. The van der Waals surface area contributed by atoms with Gasteiger partial charge in [0.2, 0.25) is 0 Å². The van der Waals surface area contributed by atoms with E-state index < -0.39 is 6.17 Å². The van der Waals surface area contributed by atoms with E-state index in [1.165, 1.54) is 10.4 Å². The Labute approximate surface area is 184 Å². The number of thiophene rings is 1. The van der Waals surface area contributed by atoms with Crippen molar-refractivity contribution in [2.75, 3.05) is 5.32 Å². The minimum Gasteiger partial charge on any atom is -0.508 e. The first-order chi connectivity index (χ1) is 14.5. The molecule has 0 saturated heterocycles. The zero-order chi connectivity index (χ0) is 20.8. The summed E-state index contributed by atoms with van der Waals surface area (Å²) in [6, 6.07) is 13.3. The first-order valence-corrected chi connectivity index (χ1v) is 11.5. The van der Waals surface area contributed by atoms with Gasteiger partial charge in [-0.05, 0) is 66.5 Å². The van der Waals surface area contributed by atoms with Crippen LogP contribution in [0.4, 0.5) is 5.00 Å². The molecule has 4 nitrogen and oxygen atoms in total. The summed E-state index contributed by atoms with van der Waals surface area (Å²) in [6.07, 6.45) is 3.31. The summed E-state index contributed by atoms with van der Waals surface area (Å²) in [5, 5.41) is 18.7. The van der Waals surface area contributed by atoms with Gasteiger partial charge in [-0.25, -0.2) is 0 Å². The van der Waals surface area contributed by atoms with Crippen LogP contribution in [0.25, 0.3) is 0 Å². The van der Waals surface area contributed by atoms with Crippen LogP contribution in [0.2, 0.25) is 5.02 Å². The number of aromatic hydroxyl groups is 1. The van der Waals surface area contributed by atoms with Gasteiger partial charge in [0.1, 0.15) is 16.9 Å². The second kappa shape index (κ2) is 7.64. The van der Waals surface area contributed by atoms with Crippen LogP contribution in [0.15, 0.2) is 42.5 Å². The molecule has 154 valence electrons.